The second-order valence-corrected chi connectivity index (χ2v) is 5.40. The summed E-state index contributed by atoms with van der Waals surface area (Å²) in [6, 6.07) is 3.23. The number of nitrogens with zero attached hydrogens (tertiary/aromatic N) is 2. The number of hydrogen-bond acceptors (Lipinski definition) is 1. The maximum atomic E-state index is 13.5. The van der Waals surface area contributed by atoms with Crippen molar-refractivity contribution in [3.05, 3.63) is 28.2 Å². The zero-order valence-corrected chi connectivity index (χ0v) is 12.6. The lowest BCUT2D eigenvalue weighted by Crippen LogP contribution is -2.02. The predicted octanol–water partition coefficient (Wildman–Crippen LogP) is 4.87. The first kappa shape index (κ1) is 13.8. The lowest BCUT2D eigenvalue weighted by Gasteiger charge is -2.07. The molecule has 0 unspecified atom stereocenters. The average Bonchev–Trinajstić information content (AvgIpc) is 2.68. The predicted molar refractivity (Wildman–Crippen MR) is 76.5 cm³/mol. The van der Waals surface area contributed by atoms with Gasteiger partial charge in [-0.2, -0.15) is 0 Å². The molecule has 98 valence electrons. The first-order valence-electron chi connectivity index (χ1n) is 6.07. The molecule has 0 saturated heterocycles. The number of aromatic nitrogens is 2. The summed E-state index contributed by atoms with van der Waals surface area (Å²) in [4.78, 5) is 4.38. The van der Waals surface area contributed by atoms with Gasteiger partial charge in [-0.05, 0) is 28.4 Å². The normalized spacial score (nSPS) is 11.3. The van der Waals surface area contributed by atoms with Gasteiger partial charge < -0.3 is 4.57 Å². The molecule has 0 atom stereocenters. The van der Waals surface area contributed by atoms with E-state index in [9.17, 15) is 4.39 Å². The van der Waals surface area contributed by atoms with Gasteiger partial charge in [0.05, 0.1) is 21.4 Å². The van der Waals surface area contributed by atoms with Crippen LogP contribution in [0.4, 0.5) is 4.39 Å². The van der Waals surface area contributed by atoms with Gasteiger partial charge in [0.1, 0.15) is 11.6 Å². The molecular formula is C13H15BrClFN2. The first-order chi connectivity index (χ1) is 8.67. The molecule has 0 fully saturated rings. The first-order valence-corrected chi connectivity index (χ1v) is 7.40. The third kappa shape index (κ3) is 2.69. The molecule has 2 aromatic rings. The second kappa shape index (κ2) is 6.02. The summed E-state index contributed by atoms with van der Waals surface area (Å²) in [5.41, 5.74) is 1.61. The molecule has 0 radical (unpaired) electrons. The summed E-state index contributed by atoms with van der Waals surface area (Å²) >= 11 is 9.12. The Kier molecular flexibility index (Phi) is 4.62. The Morgan fingerprint density at radius 3 is 2.83 bits per heavy atom. The van der Waals surface area contributed by atoms with Crippen LogP contribution in [0.5, 0.6) is 0 Å². The van der Waals surface area contributed by atoms with Crippen LogP contribution < -0.4 is 0 Å². The molecule has 0 N–H and O–H groups in total. The number of hydrogen-bond donors (Lipinski definition) is 0. The van der Waals surface area contributed by atoms with Gasteiger partial charge in [0, 0.05) is 12.6 Å². The van der Waals surface area contributed by atoms with E-state index in [0.29, 0.717) is 15.9 Å². The summed E-state index contributed by atoms with van der Waals surface area (Å²) in [6.45, 7) is 3.05. The largest absolute Gasteiger partial charge is 0.327 e. The fourth-order valence-electron chi connectivity index (χ4n) is 2.04. The Morgan fingerprint density at radius 2 is 2.17 bits per heavy atom. The zero-order valence-electron chi connectivity index (χ0n) is 10.2. The molecule has 1 aromatic heterocycles. The molecule has 0 spiro atoms. The van der Waals surface area contributed by atoms with E-state index in [-0.39, 0.29) is 5.82 Å². The van der Waals surface area contributed by atoms with E-state index in [2.05, 4.69) is 32.4 Å². The summed E-state index contributed by atoms with van der Waals surface area (Å²) in [5.74, 6) is 0.863. The Morgan fingerprint density at radius 1 is 1.39 bits per heavy atom. The van der Waals surface area contributed by atoms with Gasteiger partial charge in [0.15, 0.2) is 0 Å². The van der Waals surface area contributed by atoms with E-state index in [4.69, 9.17) is 11.6 Å². The molecular weight excluding hydrogens is 319 g/mol. The van der Waals surface area contributed by atoms with Crippen molar-refractivity contribution in [3.8, 4) is 0 Å². The standard InChI is InChI=1S/C13H15BrClFN2/c1-2-3-4-5-18-12-6-9(14)10(16)7-11(12)17-13(18)8-15/h6-7H,2-5,8H2,1H3. The van der Waals surface area contributed by atoms with Crippen molar-refractivity contribution in [2.24, 2.45) is 0 Å². The van der Waals surface area contributed by atoms with Crippen LogP contribution in [-0.2, 0) is 12.4 Å². The highest BCUT2D eigenvalue weighted by Gasteiger charge is 2.12. The number of rotatable bonds is 5. The van der Waals surface area contributed by atoms with Gasteiger partial charge in [0.25, 0.3) is 0 Å². The highest BCUT2D eigenvalue weighted by molar-refractivity contribution is 9.10. The van der Waals surface area contributed by atoms with E-state index in [1.165, 1.54) is 18.9 Å². The SMILES string of the molecule is CCCCCn1c(CCl)nc2cc(F)c(Br)cc21. The van der Waals surface area contributed by atoms with Crippen LogP contribution in [0.2, 0.25) is 0 Å². The third-order valence-electron chi connectivity index (χ3n) is 2.97. The van der Waals surface area contributed by atoms with Gasteiger partial charge >= 0.3 is 0 Å². The molecule has 2 rings (SSSR count). The highest BCUT2D eigenvalue weighted by Crippen LogP contribution is 2.25. The Labute approximate surface area is 119 Å². The molecule has 1 heterocycles. The van der Waals surface area contributed by atoms with Crippen molar-refractivity contribution >= 4 is 38.6 Å². The van der Waals surface area contributed by atoms with Crippen LogP contribution in [0.25, 0.3) is 11.0 Å². The van der Waals surface area contributed by atoms with E-state index in [1.54, 1.807) is 6.07 Å². The molecule has 5 heteroatoms. The van der Waals surface area contributed by atoms with Gasteiger partial charge in [-0.1, -0.05) is 19.8 Å². The van der Waals surface area contributed by atoms with Crippen molar-refractivity contribution in [3.63, 3.8) is 0 Å². The number of alkyl halides is 1. The molecule has 0 bridgehead atoms. The van der Waals surface area contributed by atoms with Crippen LogP contribution in [-0.4, -0.2) is 9.55 Å². The number of halogens is 3. The van der Waals surface area contributed by atoms with Crippen LogP contribution in [0.3, 0.4) is 0 Å². The summed E-state index contributed by atoms with van der Waals surface area (Å²) in [5, 5.41) is 0. The summed E-state index contributed by atoms with van der Waals surface area (Å²) in [7, 11) is 0. The smallest absolute Gasteiger partial charge is 0.139 e. The van der Waals surface area contributed by atoms with Crippen LogP contribution in [0.1, 0.15) is 32.0 Å². The van der Waals surface area contributed by atoms with Crippen LogP contribution in [0, 0.1) is 5.82 Å². The quantitative estimate of drug-likeness (QED) is 0.564. The minimum atomic E-state index is -0.290. The van der Waals surface area contributed by atoms with Gasteiger partial charge in [-0.25, -0.2) is 9.37 Å². The maximum absolute atomic E-state index is 13.5. The average molecular weight is 334 g/mol. The number of benzene rings is 1. The fraction of sp³-hybridized carbons (Fsp3) is 0.462. The number of unbranched alkanes of at least 4 members (excludes halogenated alkanes) is 2. The van der Waals surface area contributed by atoms with Crippen molar-refractivity contribution < 1.29 is 4.39 Å². The Hall–Kier alpha value is -0.610. The lowest BCUT2D eigenvalue weighted by atomic mass is 10.2. The van der Waals surface area contributed by atoms with Crippen molar-refractivity contribution in [2.45, 2.75) is 38.6 Å². The Bertz CT molecular complexity index is 553. The fourth-order valence-corrected chi connectivity index (χ4v) is 2.58. The molecule has 2 nitrogen and oxygen atoms in total. The van der Waals surface area contributed by atoms with Gasteiger partial charge in [0.2, 0.25) is 0 Å². The molecule has 18 heavy (non-hydrogen) atoms. The van der Waals surface area contributed by atoms with E-state index < -0.39 is 0 Å². The number of imidazole rings is 1. The van der Waals surface area contributed by atoms with Gasteiger partial charge in [-0.15, -0.1) is 11.6 Å². The molecule has 0 saturated carbocycles. The minimum Gasteiger partial charge on any atom is -0.327 e. The molecule has 0 aliphatic heterocycles. The van der Waals surface area contributed by atoms with E-state index in [1.807, 2.05) is 0 Å². The number of fused-ring (bicyclic) bond motifs is 1. The molecule has 0 amide bonds. The van der Waals surface area contributed by atoms with Crippen LogP contribution in [0.15, 0.2) is 16.6 Å². The van der Waals surface area contributed by atoms with Gasteiger partial charge in [-0.3, -0.25) is 0 Å². The summed E-state index contributed by atoms with van der Waals surface area (Å²) < 4.78 is 16.0. The van der Waals surface area contributed by atoms with Crippen molar-refractivity contribution in [2.75, 3.05) is 0 Å². The van der Waals surface area contributed by atoms with E-state index in [0.717, 1.165) is 24.3 Å². The number of aryl methyl sites for hydroxylation is 1. The molecule has 1 aromatic carbocycles. The van der Waals surface area contributed by atoms with Crippen LogP contribution >= 0.6 is 27.5 Å². The van der Waals surface area contributed by atoms with Crippen molar-refractivity contribution in [1.29, 1.82) is 0 Å². The van der Waals surface area contributed by atoms with Crippen molar-refractivity contribution in [1.82, 2.24) is 9.55 Å². The minimum absolute atomic E-state index is 0.290. The Balaban J connectivity index is 2.44. The topological polar surface area (TPSA) is 17.8 Å². The monoisotopic (exact) mass is 332 g/mol. The maximum Gasteiger partial charge on any atom is 0.139 e. The molecule has 0 aliphatic rings. The second-order valence-electron chi connectivity index (χ2n) is 4.28. The summed E-state index contributed by atoms with van der Waals surface area (Å²) in [6.07, 6.45) is 3.42. The highest BCUT2D eigenvalue weighted by atomic mass is 79.9. The molecule has 0 aliphatic carbocycles. The lowest BCUT2D eigenvalue weighted by molar-refractivity contribution is 0.599. The zero-order chi connectivity index (χ0) is 13.1. The third-order valence-corrected chi connectivity index (χ3v) is 3.82. The van der Waals surface area contributed by atoms with E-state index >= 15 is 0 Å².